The first-order chi connectivity index (χ1) is 48.2. The quantitative estimate of drug-likeness (QED) is 0.0475. The molecule has 35 atom stereocenters. The zero-order chi connectivity index (χ0) is 78.5. The predicted octanol–water partition coefficient (Wildman–Crippen LogP) is -16.4. The van der Waals surface area contributed by atoms with Crippen LogP contribution >= 0.6 is 0 Å². The van der Waals surface area contributed by atoms with Crippen molar-refractivity contribution in [1.29, 1.82) is 0 Å². The van der Waals surface area contributed by atoms with E-state index < -0.39 is 334 Å². The van der Waals surface area contributed by atoms with Gasteiger partial charge in [0.25, 0.3) is 0 Å². The van der Waals surface area contributed by atoms with Gasteiger partial charge in [-0.1, -0.05) is 0 Å². The second-order valence-corrected chi connectivity index (χ2v) is 31.0. The molecule has 21 saturated heterocycles. The highest BCUT2D eigenvalue weighted by molar-refractivity contribution is 7.82. The van der Waals surface area contributed by atoms with E-state index in [9.17, 15) is 162 Å². The van der Waals surface area contributed by atoms with E-state index in [0.29, 0.717) is 0 Å². The van der Waals surface area contributed by atoms with E-state index in [2.05, 4.69) is 29.3 Å². The van der Waals surface area contributed by atoms with Gasteiger partial charge in [-0.2, -0.15) is 58.9 Å². The zero-order valence-electron chi connectivity index (χ0n) is 51.7. The Kier molecular flexibility index (Phi) is 29.3. The lowest BCUT2D eigenvalue weighted by molar-refractivity contribution is -0.395. The molecular weight excluding hydrogens is 1620 g/mol. The van der Waals surface area contributed by atoms with Gasteiger partial charge in [0, 0.05) is 0 Å². The lowest BCUT2D eigenvalue weighted by Gasteiger charge is -2.50. The minimum Gasteiger partial charge on any atom is -0.387 e. The Hall–Kier alpha value is -2.03. The van der Waals surface area contributed by atoms with Gasteiger partial charge in [-0.25, -0.2) is 29.3 Å². The van der Waals surface area contributed by atoms with Crippen molar-refractivity contribution in [2.24, 2.45) is 0 Å². The van der Waals surface area contributed by atoms with E-state index in [1.165, 1.54) is 0 Å². The minimum atomic E-state index is -5.67. The van der Waals surface area contributed by atoms with Crippen molar-refractivity contribution in [3.63, 3.8) is 0 Å². The minimum absolute atomic E-state index is 1.65. The lowest BCUT2D eigenvalue weighted by atomic mass is 9.95. The summed E-state index contributed by atoms with van der Waals surface area (Å²) >= 11 is 0. The highest BCUT2D eigenvalue weighted by Gasteiger charge is 2.61. The van der Waals surface area contributed by atoms with Gasteiger partial charge in [0.15, 0.2) is 44.0 Å². The largest absolute Gasteiger partial charge is 0.397 e. The third kappa shape index (κ3) is 23.6. The summed E-state index contributed by atoms with van der Waals surface area (Å²) in [5, 5.41) is 163. The highest BCUT2D eigenvalue weighted by atomic mass is 32.3. The van der Waals surface area contributed by atoms with Crippen LogP contribution in [-0.4, -0.2) is 423 Å². The molecule has 2 unspecified atom stereocenters. The average molecular weight is 1700 g/mol. The molecule has 21 N–H and O–H groups in total. The van der Waals surface area contributed by atoms with E-state index in [1.54, 1.807) is 0 Å². The molecular formula is C42H70O56S7. The SMILES string of the molecule is O=S(=O)(O)OC[C@H]1O[C@@H]2O[C@H]3[C@H](O)[C@@H](O)[C@@H](O[C@H]4[C@H](O)[C@@H](O)[C@@H](O[C@H]5[C@H](O)[C@@H](O)[C@@H](O[C@H]6[C@H](O)[C@@H](O)[C@@H](O[C@H]7[C@H](O)C(O)[C@@H](O[C@H]8[C@H](O)C(O)[C@@H](O[C@H]1[C@H](O)[C@H]2O)O[C@@H]8COS(=O)(=O)O)O[C@@H]7COS(=O)(=O)O)O[C@@H]6COS(=O)(=O)O)O[C@@H]5COS(=O)(=O)O)O[C@@H]4COS(=O)(=O)O)O[C@@H]3COS(=O)(=O)O. The van der Waals surface area contributed by atoms with Gasteiger partial charge in [-0.3, -0.25) is 31.9 Å². The maximum absolute atomic E-state index is 12.0. The molecule has 21 aliphatic rings. The van der Waals surface area contributed by atoms with Crippen LogP contribution in [0.2, 0.25) is 0 Å². The fourth-order valence-electron chi connectivity index (χ4n) is 11.4. The van der Waals surface area contributed by atoms with Crippen molar-refractivity contribution >= 4 is 72.8 Å². The van der Waals surface area contributed by atoms with Gasteiger partial charge in [-0.05, 0) is 0 Å². The Balaban J connectivity index is 1.23. The summed E-state index contributed by atoms with van der Waals surface area (Å²) < 4.78 is 343. The van der Waals surface area contributed by atoms with Crippen molar-refractivity contribution < 1.29 is 258 Å². The molecule has 0 spiro atoms. The molecule has 63 heteroatoms. The Labute approximate surface area is 589 Å². The second-order valence-electron chi connectivity index (χ2n) is 23.4. The molecule has 21 heterocycles. The van der Waals surface area contributed by atoms with Crippen molar-refractivity contribution in [3.05, 3.63) is 0 Å². The standard InChI is InChI=1S/C42H70O56S7/c43-15-22(50)36-85-8(1-78-99(57,58)59)29(15)92-37-23(51)16(44)31(10(86-37)3-80-101(63,64)65)94-39-25(53)18(46)33(12(88-39)5-82-103(69,70)71)96-41-27(55)20(48)35(14(90-41)7-84-105(75,76)77)98-42-28(56)21(49)34(13(91-42)6-83-104(72,73)74)97-40-26(54)19(47)32(11(89-40)4-81-102(66,67)68)95-38-24(52)17(45)30(93-36)9(87-38)2-79-100(60,61)62/h8-56H,1-7H2,(H,57,58,59)(H,60,61,62)(H,63,64,65)(H,66,67,68)(H,69,70,71)(H,72,73,74)(H,75,76,77)/t8-,9-,10-,11-,12-,13-,14-,15-,16-,17-,18-,19-,20-,21-,22-,23-,24-,25-,26-,27?,28?,29-,30-,31-,32-,33-,34-,35-,36-,37-,38-,39-,40-,41-,42-/m1/s1. The number of rotatable bonds is 21. The summed E-state index contributed by atoms with van der Waals surface area (Å²) in [7, 11) is -39.7. The van der Waals surface area contributed by atoms with Crippen LogP contribution < -0.4 is 0 Å². The molecule has 21 fully saturated rings. The Morgan fingerprint density at radius 2 is 0.267 bits per heavy atom. The molecule has 105 heavy (non-hydrogen) atoms. The predicted molar refractivity (Wildman–Crippen MR) is 301 cm³/mol. The molecule has 56 nitrogen and oxygen atoms in total. The van der Waals surface area contributed by atoms with Gasteiger partial charge in [0.2, 0.25) is 0 Å². The number of hydrogen-bond donors (Lipinski definition) is 21. The van der Waals surface area contributed by atoms with Crippen molar-refractivity contribution in [1.82, 2.24) is 0 Å². The van der Waals surface area contributed by atoms with E-state index >= 15 is 0 Å². The highest BCUT2D eigenvalue weighted by Crippen LogP contribution is 2.40. The van der Waals surface area contributed by atoms with Gasteiger partial charge < -0.3 is 138 Å². The van der Waals surface area contributed by atoms with Crippen LogP contribution in [0.25, 0.3) is 0 Å². The number of hydrogen-bond acceptors (Lipinski definition) is 49. The first-order valence-electron chi connectivity index (χ1n) is 29.2. The monoisotopic (exact) mass is 1690 g/mol. The van der Waals surface area contributed by atoms with Crippen molar-refractivity contribution in [2.75, 3.05) is 46.2 Å². The Morgan fingerprint density at radius 3 is 0.352 bits per heavy atom. The third-order valence-electron chi connectivity index (χ3n) is 16.2. The fraction of sp³-hybridized carbons (Fsp3) is 1.00. The smallest absolute Gasteiger partial charge is 0.387 e. The normalized spacial score (nSPS) is 44.9. The number of ether oxygens (including phenoxy) is 14. The molecule has 0 amide bonds. The summed E-state index contributed by atoms with van der Waals surface area (Å²) in [6, 6.07) is 0. The zero-order valence-corrected chi connectivity index (χ0v) is 57.4. The van der Waals surface area contributed by atoms with Gasteiger partial charge in [0.05, 0.1) is 46.2 Å². The van der Waals surface area contributed by atoms with Crippen LogP contribution in [0, 0.1) is 0 Å². The molecule has 14 bridgehead atoms. The van der Waals surface area contributed by atoms with Gasteiger partial charge in [0.1, 0.15) is 171 Å². The maximum atomic E-state index is 12.0. The molecule has 21 rings (SSSR count). The number of aliphatic hydroxyl groups excluding tert-OH is 14. The van der Waals surface area contributed by atoms with Crippen LogP contribution in [-0.2, 0) is 168 Å². The summed E-state index contributed by atoms with van der Waals surface area (Å²) in [5.41, 5.74) is 0. The molecule has 0 aliphatic carbocycles. The molecule has 0 aromatic heterocycles. The molecule has 0 saturated carbocycles. The van der Waals surface area contributed by atoms with Crippen molar-refractivity contribution in [3.8, 4) is 0 Å². The first-order valence-corrected chi connectivity index (χ1v) is 38.8. The summed E-state index contributed by atoms with van der Waals surface area (Å²) in [4.78, 5) is 0. The lowest BCUT2D eigenvalue weighted by Crippen LogP contribution is -2.68. The van der Waals surface area contributed by atoms with E-state index in [0.717, 1.165) is 0 Å². The second kappa shape index (κ2) is 34.7. The Bertz CT molecular complexity index is 3040. The topological polar surface area (TPSA) is 858 Å². The summed E-state index contributed by atoms with van der Waals surface area (Å²) in [5.74, 6) is 0. The molecule has 0 aromatic carbocycles. The van der Waals surface area contributed by atoms with Gasteiger partial charge in [-0.15, -0.1) is 0 Å². The molecule has 21 aliphatic heterocycles. The average Bonchev–Trinajstić information content (AvgIpc) is 0.789. The summed E-state index contributed by atoms with van der Waals surface area (Å²) in [6.07, 6.45) is -93.1. The van der Waals surface area contributed by atoms with Crippen LogP contribution in [0.3, 0.4) is 0 Å². The number of aliphatic hydroxyl groups is 14. The molecule has 0 aromatic rings. The Morgan fingerprint density at radius 1 is 0.171 bits per heavy atom. The molecule has 0 radical (unpaired) electrons. The summed E-state index contributed by atoms with van der Waals surface area (Å²) in [6.45, 7) is -11.6. The van der Waals surface area contributed by atoms with Crippen LogP contribution in [0.4, 0.5) is 0 Å². The van der Waals surface area contributed by atoms with E-state index in [1.807, 2.05) is 0 Å². The van der Waals surface area contributed by atoms with Crippen LogP contribution in [0.15, 0.2) is 0 Å². The fourth-order valence-corrected chi connectivity index (χ4v) is 13.5. The first kappa shape index (κ1) is 88.5. The van der Waals surface area contributed by atoms with Crippen molar-refractivity contribution in [2.45, 2.75) is 215 Å². The maximum Gasteiger partial charge on any atom is 0.397 e. The van der Waals surface area contributed by atoms with Crippen LogP contribution in [0.1, 0.15) is 0 Å². The third-order valence-corrected chi connectivity index (χ3v) is 19.2. The van der Waals surface area contributed by atoms with E-state index in [4.69, 9.17) is 66.3 Å². The van der Waals surface area contributed by atoms with Gasteiger partial charge >= 0.3 is 72.8 Å². The van der Waals surface area contributed by atoms with E-state index in [-0.39, 0.29) is 0 Å². The van der Waals surface area contributed by atoms with Crippen LogP contribution in [0.5, 0.6) is 0 Å². The molecule has 616 valence electrons.